The van der Waals surface area contributed by atoms with Crippen molar-refractivity contribution in [2.75, 3.05) is 14.2 Å². The van der Waals surface area contributed by atoms with E-state index < -0.39 is 12.2 Å². The van der Waals surface area contributed by atoms with Crippen LogP contribution >= 0.6 is 0 Å². The number of nitrogens with zero attached hydrogens (tertiary/aromatic N) is 1. The molecule has 0 aliphatic rings. The lowest BCUT2D eigenvalue weighted by Gasteiger charge is -2.15. The van der Waals surface area contributed by atoms with Crippen molar-refractivity contribution in [3.05, 3.63) is 35.9 Å². The maximum Gasteiger partial charge on any atom is 0.180 e. The Balaban J connectivity index is 2.75. The minimum atomic E-state index is -0.748. The zero-order chi connectivity index (χ0) is 12.7. The first-order valence-electron chi connectivity index (χ1n) is 5.27. The number of carbonyl (C=O) groups is 1. The number of nitriles is 1. The Morgan fingerprint density at radius 2 is 1.88 bits per heavy atom. The smallest absolute Gasteiger partial charge is 0.180 e. The lowest BCUT2D eigenvalue weighted by Crippen LogP contribution is -2.22. The topological polar surface area (TPSA) is 59.3 Å². The molecule has 0 bridgehead atoms. The monoisotopic (exact) mass is 233 g/mol. The van der Waals surface area contributed by atoms with Gasteiger partial charge in [-0.2, -0.15) is 5.26 Å². The molecule has 1 rings (SSSR count). The molecule has 0 radical (unpaired) electrons. The summed E-state index contributed by atoms with van der Waals surface area (Å²) in [5.41, 5.74) is 0.532. The molecule has 0 aromatic heterocycles. The number of ether oxygens (including phenoxy) is 2. The standard InChI is InChI=1S/C13H15NO3/c1-16-12(17-2)8-11(9-14)13(15)10-6-4-3-5-7-10/h3-7,11-12H,8H2,1-2H3. The van der Waals surface area contributed by atoms with Gasteiger partial charge >= 0.3 is 0 Å². The fourth-order valence-electron chi connectivity index (χ4n) is 1.50. The molecule has 1 atom stereocenters. The second-order valence-corrected chi connectivity index (χ2v) is 3.55. The average Bonchev–Trinajstić information content (AvgIpc) is 2.40. The summed E-state index contributed by atoms with van der Waals surface area (Å²) in [5, 5.41) is 9.02. The molecular weight excluding hydrogens is 218 g/mol. The Hall–Kier alpha value is -1.70. The summed E-state index contributed by atoms with van der Waals surface area (Å²) in [6, 6.07) is 10.7. The van der Waals surface area contributed by atoms with Crippen molar-refractivity contribution in [3.8, 4) is 6.07 Å². The van der Waals surface area contributed by atoms with Crippen LogP contribution in [0.25, 0.3) is 0 Å². The molecule has 4 heteroatoms. The number of Topliss-reactive ketones (excluding diaryl/α,β-unsaturated/α-hetero) is 1. The van der Waals surface area contributed by atoms with E-state index in [1.54, 1.807) is 24.3 Å². The summed E-state index contributed by atoms with van der Waals surface area (Å²) >= 11 is 0. The third-order valence-corrected chi connectivity index (χ3v) is 2.48. The predicted molar refractivity (Wildman–Crippen MR) is 62.3 cm³/mol. The largest absolute Gasteiger partial charge is 0.356 e. The van der Waals surface area contributed by atoms with Gasteiger partial charge in [-0.3, -0.25) is 4.79 Å². The van der Waals surface area contributed by atoms with Crippen LogP contribution in [0.3, 0.4) is 0 Å². The van der Waals surface area contributed by atoms with Crippen LogP contribution in [0.4, 0.5) is 0 Å². The Kier molecular flexibility index (Phi) is 5.34. The van der Waals surface area contributed by atoms with Crippen LogP contribution in [0.2, 0.25) is 0 Å². The van der Waals surface area contributed by atoms with Crippen molar-refractivity contribution < 1.29 is 14.3 Å². The normalized spacial score (nSPS) is 12.1. The van der Waals surface area contributed by atoms with Gasteiger partial charge in [0.2, 0.25) is 0 Å². The first-order valence-corrected chi connectivity index (χ1v) is 5.27. The minimum absolute atomic E-state index is 0.202. The van der Waals surface area contributed by atoms with Gasteiger partial charge in [0.25, 0.3) is 0 Å². The predicted octanol–water partition coefficient (Wildman–Crippen LogP) is 2.02. The van der Waals surface area contributed by atoms with E-state index in [4.69, 9.17) is 14.7 Å². The summed E-state index contributed by atoms with van der Waals surface area (Å²) in [7, 11) is 2.96. The van der Waals surface area contributed by atoms with Crippen molar-refractivity contribution in [2.45, 2.75) is 12.7 Å². The van der Waals surface area contributed by atoms with Crippen molar-refractivity contribution in [1.82, 2.24) is 0 Å². The Morgan fingerprint density at radius 3 is 2.35 bits per heavy atom. The van der Waals surface area contributed by atoms with Gasteiger partial charge < -0.3 is 9.47 Å². The molecule has 90 valence electrons. The van der Waals surface area contributed by atoms with Gasteiger partial charge in [0.1, 0.15) is 5.92 Å². The van der Waals surface area contributed by atoms with Gasteiger partial charge in [-0.1, -0.05) is 30.3 Å². The molecule has 0 N–H and O–H groups in total. The molecule has 0 amide bonds. The van der Waals surface area contributed by atoms with Gasteiger partial charge in [0.15, 0.2) is 12.1 Å². The highest BCUT2D eigenvalue weighted by atomic mass is 16.7. The van der Waals surface area contributed by atoms with Gasteiger partial charge in [-0.15, -0.1) is 0 Å². The van der Waals surface area contributed by atoms with Crippen molar-refractivity contribution in [3.63, 3.8) is 0 Å². The fraction of sp³-hybridized carbons (Fsp3) is 0.385. The molecule has 1 aromatic carbocycles. The van der Waals surface area contributed by atoms with Crippen LogP contribution in [-0.2, 0) is 9.47 Å². The summed E-state index contributed by atoms with van der Waals surface area (Å²) in [4.78, 5) is 12.0. The highest BCUT2D eigenvalue weighted by molar-refractivity contribution is 5.99. The summed E-state index contributed by atoms with van der Waals surface area (Å²) in [6.45, 7) is 0. The number of ketones is 1. The second kappa shape index (κ2) is 6.79. The summed E-state index contributed by atoms with van der Waals surface area (Å²) < 4.78 is 9.98. The molecule has 0 heterocycles. The van der Waals surface area contributed by atoms with Gasteiger partial charge in [0, 0.05) is 26.2 Å². The van der Waals surface area contributed by atoms with Crippen molar-refractivity contribution >= 4 is 5.78 Å². The number of methoxy groups -OCH3 is 2. The van der Waals surface area contributed by atoms with E-state index in [1.165, 1.54) is 14.2 Å². The van der Waals surface area contributed by atoms with Gasteiger partial charge in [-0.25, -0.2) is 0 Å². The first-order chi connectivity index (χ1) is 8.22. The van der Waals surface area contributed by atoms with Gasteiger partial charge in [-0.05, 0) is 0 Å². The first kappa shape index (κ1) is 13.4. The molecule has 0 aliphatic carbocycles. The lowest BCUT2D eigenvalue weighted by molar-refractivity contribution is -0.109. The zero-order valence-electron chi connectivity index (χ0n) is 9.92. The molecule has 1 aromatic rings. The van der Waals surface area contributed by atoms with Crippen molar-refractivity contribution in [1.29, 1.82) is 5.26 Å². The highest BCUT2D eigenvalue weighted by Gasteiger charge is 2.23. The SMILES string of the molecule is COC(CC(C#N)C(=O)c1ccccc1)OC. The van der Waals surface area contributed by atoms with E-state index in [0.29, 0.717) is 5.56 Å². The third-order valence-electron chi connectivity index (χ3n) is 2.48. The number of rotatable bonds is 6. The summed E-state index contributed by atoms with van der Waals surface area (Å²) in [5.74, 6) is -0.950. The van der Waals surface area contributed by atoms with Crippen molar-refractivity contribution in [2.24, 2.45) is 5.92 Å². The number of carbonyl (C=O) groups excluding carboxylic acids is 1. The minimum Gasteiger partial charge on any atom is -0.356 e. The van der Waals surface area contributed by atoms with Crippen LogP contribution in [0.5, 0.6) is 0 Å². The van der Waals surface area contributed by atoms with Crippen LogP contribution in [0, 0.1) is 17.2 Å². The van der Waals surface area contributed by atoms with E-state index in [-0.39, 0.29) is 12.2 Å². The summed E-state index contributed by atoms with van der Waals surface area (Å²) in [6.07, 6.45) is -0.302. The number of hydrogen-bond donors (Lipinski definition) is 0. The van der Waals surface area contributed by atoms with E-state index in [0.717, 1.165) is 0 Å². The molecular formula is C13H15NO3. The highest BCUT2D eigenvalue weighted by Crippen LogP contribution is 2.15. The maximum absolute atomic E-state index is 12.0. The second-order valence-electron chi connectivity index (χ2n) is 3.55. The van der Waals surface area contributed by atoms with Gasteiger partial charge in [0.05, 0.1) is 6.07 Å². The molecule has 0 fully saturated rings. The zero-order valence-corrected chi connectivity index (χ0v) is 9.92. The molecule has 0 saturated heterocycles. The Morgan fingerprint density at radius 1 is 1.29 bits per heavy atom. The van der Waals surface area contributed by atoms with E-state index >= 15 is 0 Å². The molecule has 17 heavy (non-hydrogen) atoms. The molecule has 0 spiro atoms. The van der Waals surface area contributed by atoms with Crippen LogP contribution in [0.1, 0.15) is 16.8 Å². The van der Waals surface area contributed by atoms with E-state index in [2.05, 4.69) is 0 Å². The van der Waals surface area contributed by atoms with Crippen LogP contribution in [-0.4, -0.2) is 26.3 Å². The average molecular weight is 233 g/mol. The number of hydrogen-bond acceptors (Lipinski definition) is 4. The molecule has 0 saturated carbocycles. The molecule has 1 unspecified atom stereocenters. The quantitative estimate of drug-likeness (QED) is 0.557. The third kappa shape index (κ3) is 3.66. The lowest BCUT2D eigenvalue weighted by atomic mass is 9.96. The maximum atomic E-state index is 12.0. The molecule has 4 nitrogen and oxygen atoms in total. The van der Waals surface area contributed by atoms with Crippen LogP contribution < -0.4 is 0 Å². The number of benzene rings is 1. The molecule has 0 aliphatic heterocycles. The Bertz CT molecular complexity index is 393. The van der Waals surface area contributed by atoms with Crippen LogP contribution in [0.15, 0.2) is 30.3 Å². The fourth-order valence-corrected chi connectivity index (χ4v) is 1.50. The van der Waals surface area contributed by atoms with E-state index in [9.17, 15) is 4.79 Å². The van der Waals surface area contributed by atoms with E-state index in [1.807, 2.05) is 12.1 Å². The Labute approximate surface area is 101 Å².